The normalized spacial score (nSPS) is 12.0. The van der Waals surface area contributed by atoms with Crippen LogP contribution >= 0.6 is 0 Å². The molecule has 1 N–H and O–H groups in total. The standard InChI is InChI=1S/C16H18FNO2/c1-18-16(11-7-4-5-9-13(11)19-2)12-8-6-10-14(20-3)15(12)17/h4-10,16,18H,1-3H3. The van der Waals surface area contributed by atoms with Crippen LogP contribution in [0.15, 0.2) is 42.5 Å². The lowest BCUT2D eigenvalue weighted by atomic mass is 9.97. The van der Waals surface area contributed by atoms with Gasteiger partial charge < -0.3 is 14.8 Å². The van der Waals surface area contributed by atoms with Gasteiger partial charge in [0, 0.05) is 11.1 Å². The molecule has 2 rings (SSSR count). The van der Waals surface area contributed by atoms with Crippen LogP contribution in [-0.2, 0) is 0 Å². The molecule has 0 fully saturated rings. The number of rotatable bonds is 5. The highest BCUT2D eigenvalue weighted by Gasteiger charge is 2.21. The van der Waals surface area contributed by atoms with Gasteiger partial charge in [0.2, 0.25) is 0 Å². The first-order chi connectivity index (χ1) is 9.72. The van der Waals surface area contributed by atoms with Crippen molar-refractivity contribution in [1.82, 2.24) is 5.32 Å². The number of halogens is 1. The third-order valence-corrected chi connectivity index (χ3v) is 3.26. The highest BCUT2D eigenvalue weighted by molar-refractivity contribution is 5.44. The van der Waals surface area contributed by atoms with Crippen LogP contribution in [0.4, 0.5) is 4.39 Å². The van der Waals surface area contributed by atoms with E-state index in [1.54, 1.807) is 32.4 Å². The van der Waals surface area contributed by atoms with E-state index in [2.05, 4.69) is 5.32 Å². The van der Waals surface area contributed by atoms with Gasteiger partial charge in [-0.3, -0.25) is 0 Å². The van der Waals surface area contributed by atoms with Gasteiger partial charge in [-0.05, 0) is 19.2 Å². The van der Waals surface area contributed by atoms with Crippen molar-refractivity contribution in [3.05, 3.63) is 59.4 Å². The van der Waals surface area contributed by atoms with Crippen LogP contribution in [-0.4, -0.2) is 21.3 Å². The smallest absolute Gasteiger partial charge is 0.170 e. The number of benzene rings is 2. The summed E-state index contributed by atoms with van der Waals surface area (Å²) in [4.78, 5) is 0. The van der Waals surface area contributed by atoms with Crippen molar-refractivity contribution in [2.24, 2.45) is 0 Å². The molecule has 0 heterocycles. The molecule has 0 bridgehead atoms. The van der Waals surface area contributed by atoms with E-state index in [-0.39, 0.29) is 17.6 Å². The van der Waals surface area contributed by atoms with E-state index >= 15 is 0 Å². The quantitative estimate of drug-likeness (QED) is 0.909. The number of hydrogen-bond donors (Lipinski definition) is 1. The largest absolute Gasteiger partial charge is 0.496 e. The van der Waals surface area contributed by atoms with Crippen LogP contribution in [0.1, 0.15) is 17.2 Å². The van der Waals surface area contributed by atoms with Crippen molar-refractivity contribution in [3.8, 4) is 11.5 Å². The molecule has 1 atom stereocenters. The van der Waals surface area contributed by atoms with Gasteiger partial charge in [-0.15, -0.1) is 0 Å². The lowest BCUT2D eigenvalue weighted by Gasteiger charge is -2.21. The molecule has 2 aromatic carbocycles. The summed E-state index contributed by atoms with van der Waals surface area (Å²) >= 11 is 0. The van der Waals surface area contributed by atoms with Crippen LogP contribution in [0, 0.1) is 5.82 Å². The van der Waals surface area contributed by atoms with Crippen molar-refractivity contribution < 1.29 is 13.9 Å². The Kier molecular flexibility index (Phi) is 4.58. The van der Waals surface area contributed by atoms with Gasteiger partial charge in [0.1, 0.15) is 5.75 Å². The number of hydrogen-bond acceptors (Lipinski definition) is 3. The SMILES string of the molecule is CNC(c1ccccc1OC)c1cccc(OC)c1F. The first-order valence-corrected chi connectivity index (χ1v) is 6.35. The molecule has 0 saturated carbocycles. The molecule has 0 saturated heterocycles. The molecule has 3 nitrogen and oxygen atoms in total. The van der Waals surface area contributed by atoms with E-state index in [0.29, 0.717) is 11.3 Å². The molecule has 0 aliphatic carbocycles. The number of nitrogens with one attached hydrogen (secondary N) is 1. The van der Waals surface area contributed by atoms with Crippen LogP contribution < -0.4 is 14.8 Å². The maximum atomic E-state index is 14.4. The van der Waals surface area contributed by atoms with Crippen molar-refractivity contribution in [2.75, 3.05) is 21.3 Å². The maximum Gasteiger partial charge on any atom is 0.170 e. The molecule has 2 aromatic rings. The summed E-state index contributed by atoms with van der Waals surface area (Å²) in [5.41, 5.74) is 1.40. The van der Waals surface area contributed by atoms with Crippen molar-refractivity contribution in [3.63, 3.8) is 0 Å². The van der Waals surface area contributed by atoms with E-state index < -0.39 is 0 Å². The molecule has 0 aliphatic rings. The fraction of sp³-hybridized carbons (Fsp3) is 0.250. The fourth-order valence-corrected chi connectivity index (χ4v) is 2.29. The fourth-order valence-electron chi connectivity index (χ4n) is 2.29. The minimum Gasteiger partial charge on any atom is -0.496 e. The second kappa shape index (κ2) is 6.39. The third-order valence-electron chi connectivity index (χ3n) is 3.26. The molecule has 4 heteroatoms. The zero-order chi connectivity index (χ0) is 14.5. The Bertz CT molecular complexity index is 586. The highest BCUT2D eigenvalue weighted by atomic mass is 19.1. The maximum absolute atomic E-state index is 14.4. The van der Waals surface area contributed by atoms with E-state index in [4.69, 9.17) is 9.47 Å². The lowest BCUT2D eigenvalue weighted by molar-refractivity contribution is 0.380. The molecule has 0 amide bonds. The number of ether oxygens (including phenoxy) is 2. The summed E-state index contributed by atoms with van der Waals surface area (Å²) in [7, 11) is 4.85. The predicted octanol–water partition coefficient (Wildman–Crippen LogP) is 3.15. The minimum atomic E-state index is -0.361. The van der Waals surface area contributed by atoms with Crippen molar-refractivity contribution >= 4 is 0 Å². The van der Waals surface area contributed by atoms with Crippen LogP contribution in [0.3, 0.4) is 0 Å². The van der Waals surface area contributed by atoms with Crippen LogP contribution in [0.5, 0.6) is 11.5 Å². The van der Waals surface area contributed by atoms with Gasteiger partial charge in [0.05, 0.1) is 20.3 Å². The topological polar surface area (TPSA) is 30.5 Å². The third kappa shape index (κ3) is 2.60. The molecule has 1 unspecified atom stereocenters. The Morgan fingerprint density at radius 2 is 1.50 bits per heavy atom. The Morgan fingerprint density at radius 3 is 2.15 bits per heavy atom. The minimum absolute atomic E-state index is 0.234. The van der Waals surface area contributed by atoms with Gasteiger partial charge in [-0.2, -0.15) is 0 Å². The Labute approximate surface area is 118 Å². The molecular formula is C16H18FNO2. The van der Waals surface area contributed by atoms with Crippen LogP contribution in [0.25, 0.3) is 0 Å². The first-order valence-electron chi connectivity index (χ1n) is 6.35. The summed E-state index contributed by atoms with van der Waals surface area (Å²) in [6.45, 7) is 0. The van der Waals surface area contributed by atoms with Gasteiger partial charge in [0.15, 0.2) is 11.6 Å². The molecule has 106 valence electrons. The number of para-hydroxylation sites is 1. The van der Waals surface area contributed by atoms with Crippen molar-refractivity contribution in [2.45, 2.75) is 6.04 Å². The summed E-state index contributed by atoms with van der Waals surface area (Å²) in [5.74, 6) is 0.590. The van der Waals surface area contributed by atoms with Gasteiger partial charge in [-0.1, -0.05) is 30.3 Å². The van der Waals surface area contributed by atoms with Gasteiger partial charge in [0.25, 0.3) is 0 Å². The average molecular weight is 275 g/mol. The Morgan fingerprint density at radius 1 is 0.900 bits per heavy atom. The Balaban J connectivity index is 2.53. The zero-order valence-corrected chi connectivity index (χ0v) is 11.8. The summed E-state index contributed by atoms with van der Waals surface area (Å²) in [5, 5.41) is 3.13. The molecule has 0 aromatic heterocycles. The highest BCUT2D eigenvalue weighted by Crippen LogP contribution is 2.33. The van der Waals surface area contributed by atoms with Crippen LogP contribution in [0.2, 0.25) is 0 Å². The second-order valence-electron chi connectivity index (χ2n) is 4.33. The van der Waals surface area contributed by atoms with E-state index in [1.165, 1.54) is 7.11 Å². The molecule has 0 radical (unpaired) electrons. The summed E-state index contributed by atoms with van der Waals surface area (Å²) in [6, 6.07) is 12.4. The first kappa shape index (κ1) is 14.3. The van der Waals surface area contributed by atoms with Crippen molar-refractivity contribution in [1.29, 1.82) is 0 Å². The van der Waals surface area contributed by atoms with Gasteiger partial charge >= 0.3 is 0 Å². The second-order valence-corrected chi connectivity index (χ2v) is 4.33. The lowest BCUT2D eigenvalue weighted by Crippen LogP contribution is -2.20. The van der Waals surface area contributed by atoms with E-state index in [1.807, 2.05) is 24.3 Å². The predicted molar refractivity (Wildman–Crippen MR) is 76.8 cm³/mol. The number of methoxy groups -OCH3 is 2. The molecular weight excluding hydrogens is 257 g/mol. The summed E-state index contributed by atoms with van der Waals surface area (Å²) < 4.78 is 24.8. The zero-order valence-electron chi connectivity index (χ0n) is 11.8. The Hall–Kier alpha value is -2.07. The average Bonchev–Trinajstić information content (AvgIpc) is 2.50. The molecule has 0 spiro atoms. The molecule has 0 aliphatic heterocycles. The monoisotopic (exact) mass is 275 g/mol. The summed E-state index contributed by atoms with van der Waals surface area (Å²) in [6.07, 6.45) is 0. The van der Waals surface area contributed by atoms with E-state index in [0.717, 1.165) is 5.56 Å². The van der Waals surface area contributed by atoms with Gasteiger partial charge in [-0.25, -0.2) is 4.39 Å². The van der Waals surface area contributed by atoms with E-state index in [9.17, 15) is 4.39 Å². The molecule has 20 heavy (non-hydrogen) atoms.